The van der Waals surface area contributed by atoms with Gasteiger partial charge in [0, 0.05) is 38.1 Å². The second-order valence-electron chi connectivity index (χ2n) is 5.73. The molecule has 1 aromatic rings. The molecule has 3 fully saturated rings. The van der Waals surface area contributed by atoms with Crippen molar-refractivity contribution < 1.29 is 4.79 Å². The molecule has 0 spiro atoms. The molecule has 2 atom stereocenters. The predicted molar refractivity (Wildman–Crippen MR) is 81.2 cm³/mol. The highest BCUT2D eigenvalue weighted by molar-refractivity contribution is 5.77. The fourth-order valence-electron chi connectivity index (χ4n) is 3.34. The number of hydrogen-bond donors (Lipinski definition) is 0. The zero-order valence-electron chi connectivity index (χ0n) is 12.0. The zero-order chi connectivity index (χ0) is 13.9. The van der Waals surface area contributed by atoms with Crippen LogP contribution in [0.15, 0.2) is 36.4 Å². The van der Waals surface area contributed by atoms with E-state index in [9.17, 15) is 4.79 Å². The SMILES string of the molecule is CCC(=O)N1C2CC1CN(CC=Cc1ccccc1)C2. The van der Waals surface area contributed by atoms with Crippen LogP contribution in [0.1, 0.15) is 25.3 Å². The quantitative estimate of drug-likeness (QED) is 0.839. The van der Waals surface area contributed by atoms with Crippen LogP contribution in [0.5, 0.6) is 0 Å². The smallest absolute Gasteiger partial charge is 0.222 e. The largest absolute Gasteiger partial charge is 0.334 e. The van der Waals surface area contributed by atoms with Gasteiger partial charge in [-0.2, -0.15) is 0 Å². The Kier molecular flexibility index (Phi) is 3.88. The van der Waals surface area contributed by atoms with E-state index in [1.54, 1.807) is 0 Å². The van der Waals surface area contributed by atoms with Crippen LogP contribution in [0.25, 0.3) is 6.08 Å². The van der Waals surface area contributed by atoms with Crippen LogP contribution in [0.2, 0.25) is 0 Å². The van der Waals surface area contributed by atoms with E-state index in [0.29, 0.717) is 24.4 Å². The van der Waals surface area contributed by atoms with Gasteiger partial charge >= 0.3 is 0 Å². The third kappa shape index (κ3) is 2.63. The summed E-state index contributed by atoms with van der Waals surface area (Å²) in [5, 5.41) is 0. The third-order valence-corrected chi connectivity index (χ3v) is 4.33. The normalized spacial score (nSPS) is 25.8. The van der Waals surface area contributed by atoms with Gasteiger partial charge in [-0.15, -0.1) is 0 Å². The summed E-state index contributed by atoms with van der Waals surface area (Å²) in [4.78, 5) is 16.4. The highest BCUT2D eigenvalue weighted by Gasteiger charge is 2.45. The molecule has 2 bridgehead atoms. The minimum atomic E-state index is 0.325. The van der Waals surface area contributed by atoms with Crippen LogP contribution in [-0.2, 0) is 4.79 Å². The first-order valence-corrected chi connectivity index (χ1v) is 7.53. The fraction of sp³-hybridized carbons (Fsp3) is 0.471. The Labute approximate surface area is 120 Å². The molecule has 0 saturated carbocycles. The van der Waals surface area contributed by atoms with E-state index in [1.165, 1.54) is 12.0 Å². The number of amides is 1. The molecule has 3 nitrogen and oxygen atoms in total. The van der Waals surface area contributed by atoms with Gasteiger partial charge in [0.2, 0.25) is 5.91 Å². The van der Waals surface area contributed by atoms with E-state index in [1.807, 2.05) is 13.0 Å². The second-order valence-corrected chi connectivity index (χ2v) is 5.73. The molecule has 3 aliphatic heterocycles. The number of carbonyl (C=O) groups excluding carboxylic acids is 1. The summed E-state index contributed by atoms with van der Waals surface area (Å²) in [6.45, 7) is 5.00. The molecule has 1 aromatic carbocycles. The third-order valence-electron chi connectivity index (χ3n) is 4.33. The molecule has 4 rings (SSSR count). The Hall–Kier alpha value is -1.61. The van der Waals surface area contributed by atoms with E-state index < -0.39 is 0 Å². The first kappa shape index (κ1) is 13.4. The lowest BCUT2D eigenvalue weighted by Crippen LogP contribution is -2.69. The van der Waals surface area contributed by atoms with Crippen molar-refractivity contribution in [3.8, 4) is 0 Å². The topological polar surface area (TPSA) is 23.6 Å². The minimum absolute atomic E-state index is 0.325. The minimum Gasteiger partial charge on any atom is -0.334 e. The molecule has 3 heteroatoms. The number of fused-ring (bicyclic) bond motifs is 2. The molecule has 1 amide bonds. The summed E-state index contributed by atoms with van der Waals surface area (Å²) in [5.74, 6) is 0.325. The van der Waals surface area contributed by atoms with Gasteiger partial charge in [0.05, 0.1) is 0 Å². The molecule has 3 aliphatic rings. The van der Waals surface area contributed by atoms with Crippen LogP contribution in [0.3, 0.4) is 0 Å². The summed E-state index contributed by atoms with van der Waals surface area (Å²) in [6, 6.07) is 11.3. The van der Waals surface area contributed by atoms with Crippen molar-refractivity contribution in [1.29, 1.82) is 0 Å². The van der Waals surface area contributed by atoms with Crippen LogP contribution >= 0.6 is 0 Å². The molecule has 20 heavy (non-hydrogen) atoms. The fourth-order valence-corrected chi connectivity index (χ4v) is 3.34. The van der Waals surface area contributed by atoms with Crippen LogP contribution in [0.4, 0.5) is 0 Å². The summed E-state index contributed by atoms with van der Waals surface area (Å²) in [7, 11) is 0. The molecule has 0 N–H and O–H groups in total. The Morgan fingerprint density at radius 3 is 2.60 bits per heavy atom. The van der Waals surface area contributed by atoms with Gasteiger partial charge in [-0.25, -0.2) is 0 Å². The molecular formula is C17H22N2O. The van der Waals surface area contributed by atoms with Crippen molar-refractivity contribution in [2.45, 2.75) is 31.8 Å². The van der Waals surface area contributed by atoms with Gasteiger partial charge < -0.3 is 4.90 Å². The van der Waals surface area contributed by atoms with E-state index in [2.05, 4.69) is 46.2 Å². The molecule has 3 saturated heterocycles. The number of carbonyl (C=O) groups is 1. The number of rotatable bonds is 4. The monoisotopic (exact) mass is 270 g/mol. The number of hydrogen-bond acceptors (Lipinski definition) is 2. The number of benzene rings is 1. The maximum atomic E-state index is 11.8. The Bertz CT molecular complexity index is 485. The maximum absolute atomic E-state index is 11.8. The lowest BCUT2D eigenvalue weighted by atomic mass is 9.87. The zero-order valence-corrected chi connectivity index (χ0v) is 12.0. The lowest BCUT2D eigenvalue weighted by Gasteiger charge is -2.56. The summed E-state index contributed by atoms with van der Waals surface area (Å²) in [5.41, 5.74) is 1.25. The average molecular weight is 270 g/mol. The van der Waals surface area contributed by atoms with Gasteiger partial charge in [-0.3, -0.25) is 9.69 Å². The van der Waals surface area contributed by atoms with E-state index in [4.69, 9.17) is 0 Å². The maximum Gasteiger partial charge on any atom is 0.222 e. The average Bonchev–Trinajstić information content (AvgIpc) is 2.48. The predicted octanol–water partition coefficient (Wildman–Crippen LogP) is 2.39. The number of piperazine rings is 1. The van der Waals surface area contributed by atoms with Crippen molar-refractivity contribution in [3.63, 3.8) is 0 Å². The summed E-state index contributed by atoms with van der Waals surface area (Å²) >= 11 is 0. The molecule has 3 heterocycles. The van der Waals surface area contributed by atoms with Crippen LogP contribution < -0.4 is 0 Å². The van der Waals surface area contributed by atoms with Crippen LogP contribution in [-0.4, -0.2) is 47.4 Å². The summed E-state index contributed by atoms with van der Waals surface area (Å²) < 4.78 is 0. The van der Waals surface area contributed by atoms with Crippen molar-refractivity contribution in [1.82, 2.24) is 9.80 Å². The Morgan fingerprint density at radius 1 is 1.25 bits per heavy atom. The Morgan fingerprint density at radius 2 is 1.95 bits per heavy atom. The van der Waals surface area contributed by atoms with Crippen molar-refractivity contribution >= 4 is 12.0 Å². The first-order valence-electron chi connectivity index (χ1n) is 7.53. The van der Waals surface area contributed by atoms with Crippen molar-refractivity contribution in [2.75, 3.05) is 19.6 Å². The molecule has 106 valence electrons. The van der Waals surface area contributed by atoms with E-state index >= 15 is 0 Å². The molecular weight excluding hydrogens is 248 g/mol. The van der Waals surface area contributed by atoms with Gasteiger partial charge in [-0.05, 0) is 12.0 Å². The molecule has 0 aliphatic carbocycles. The van der Waals surface area contributed by atoms with E-state index in [0.717, 1.165) is 19.6 Å². The number of nitrogens with zero attached hydrogens (tertiary/aromatic N) is 2. The van der Waals surface area contributed by atoms with E-state index in [-0.39, 0.29) is 0 Å². The second kappa shape index (κ2) is 5.80. The molecule has 2 unspecified atom stereocenters. The standard InChI is InChI=1S/C17H22N2O/c1-2-17(20)19-15-11-16(19)13-18(12-15)10-6-9-14-7-4-3-5-8-14/h3-9,15-16H,2,10-13H2,1H3. The summed E-state index contributed by atoms with van der Waals surface area (Å²) in [6.07, 6.45) is 6.24. The first-order chi connectivity index (χ1) is 9.78. The Balaban J connectivity index is 1.50. The highest BCUT2D eigenvalue weighted by Crippen LogP contribution is 2.32. The molecule has 0 aromatic heterocycles. The van der Waals surface area contributed by atoms with Crippen molar-refractivity contribution in [2.24, 2.45) is 0 Å². The van der Waals surface area contributed by atoms with Gasteiger partial charge in [0.1, 0.15) is 0 Å². The molecule has 0 radical (unpaired) electrons. The lowest BCUT2D eigenvalue weighted by molar-refractivity contribution is -0.153. The number of piperidine rings is 1. The van der Waals surface area contributed by atoms with Crippen LogP contribution in [0, 0.1) is 0 Å². The van der Waals surface area contributed by atoms with Gasteiger partial charge in [0.15, 0.2) is 0 Å². The van der Waals surface area contributed by atoms with Gasteiger partial charge in [-0.1, -0.05) is 49.4 Å². The van der Waals surface area contributed by atoms with Gasteiger partial charge in [0.25, 0.3) is 0 Å². The van der Waals surface area contributed by atoms with Crippen molar-refractivity contribution in [3.05, 3.63) is 42.0 Å². The highest BCUT2D eigenvalue weighted by atomic mass is 16.2.